The highest BCUT2D eigenvalue weighted by molar-refractivity contribution is 5.06. The SMILES string of the molecule is CC1(C2CC2)CN(CC(F)F)C(C)(C)CN1. The fourth-order valence-electron chi connectivity index (χ4n) is 2.67. The van der Waals surface area contributed by atoms with E-state index in [4.69, 9.17) is 0 Å². The van der Waals surface area contributed by atoms with Gasteiger partial charge in [-0.25, -0.2) is 8.78 Å². The van der Waals surface area contributed by atoms with Crippen LogP contribution in [-0.4, -0.2) is 42.0 Å². The number of nitrogens with one attached hydrogen (secondary N) is 1. The van der Waals surface area contributed by atoms with Gasteiger partial charge in [0.2, 0.25) is 0 Å². The molecule has 16 heavy (non-hydrogen) atoms. The van der Waals surface area contributed by atoms with Gasteiger partial charge >= 0.3 is 0 Å². The summed E-state index contributed by atoms with van der Waals surface area (Å²) in [5.41, 5.74) is -0.116. The molecule has 2 aliphatic rings. The van der Waals surface area contributed by atoms with Crippen LogP contribution in [0.15, 0.2) is 0 Å². The molecule has 0 aromatic rings. The Morgan fingerprint density at radius 2 is 1.94 bits per heavy atom. The van der Waals surface area contributed by atoms with E-state index in [1.165, 1.54) is 12.8 Å². The summed E-state index contributed by atoms with van der Waals surface area (Å²) < 4.78 is 25.1. The lowest BCUT2D eigenvalue weighted by molar-refractivity contribution is -0.0178. The van der Waals surface area contributed by atoms with Crippen molar-refractivity contribution in [1.29, 1.82) is 0 Å². The quantitative estimate of drug-likeness (QED) is 0.801. The Balaban J connectivity index is 2.05. The number of halogens is 2. The second kappa shape index (κ2) is 3.91. The summed E-state index contributed by atoms with van der Waals surface area (Å²) in [5, 5.41) is 3.56. The highest BCUT2D eigenvalue weighted by Crippen LogP contribution is 2.42. The van der Waals surface area contributed by atoms with E-state index in [-0.39, 0.29) is 17.6 Å². The fraction of sp³-hybridized carbons (Fsp3) is 1.00. The Hall–Kier alpha value is -0.220. The van der Waals surface area contributed by atoms with E-state index in [0.717, 1.165) is 13.1 Å². The first kappa shape index (κ1) is 12.2. The number of rotatable bonds is 3. The smallest absolute Gasteiger partial charge is 0.251 e. The minimum absolute atomic E-state index is 0.0460. The van der Waals surface area contributed by atoms with Gasteiger partial charge in [-0.1, -0.05) is 0 Å². The average molecular weight is 232 g/mol. The van der Waals surface area contributed by atoms with Crippen molar-refractivity contribution >= 4 is 0 Å². The molecule has 1 heterocycles. The van der Waals surface area contributed by atoms with Gasteiger partial charge in [0.1, 0.15) is 0 Å². The molecule has 2 rings (SSSR count). The first-order valence-electron chi connectivity index (χ1n) is 6.12. The Kier molecular flexibility index (Phi) is 2.99. The summed E-state index contributed by atoms with van der Waals surface area (Å²) in [6.07, 6.45) is 0.250. The third-order valence-electron chi connectivity index (χ3n) is 4.14. The van der Waals surface area contributed by atoms with Crippen LogP contribution in [0.1, 0.15) is 33.6 Å². The Morgan fingerprint density at radius 3 is 2.44 bits per heavy atom. The molecule has 0 aromatic heterocycles. The molecule has 1 unspecified atom stereocenters. The van der Waals surface area contributed by atoms with Crippen LogP contribution < -0.4 is 5.32 Å². The maximum atomic E-state index is 12.6. The van der Waals surface area contributed by atoms with Crippen molar-refractivity contribution in [1.82, 2.24) is 10.2 Å². The first-order valence-corrected chi connectivity index (χ1v) is 6.12. The number of alkyl halides is 2. The lowest BCUT2D eigenvalue weighted by atomic mass is 9.86. The Morgan fingerprint density at radius 1 is 1.31 bits per heavy atom. The Bertz CT molecular complexity index is 264. The fourth-order valence-corrected chi connectivity index (χ4v) is 2.67. The van der Waals surface area contributed by atoms with E-state index < -0.39 is 6.43 Å². The highest BCUT2D eigenvalue weighted by Gasteiger charge is 2.48. The van der Waals surface area contributed by atoms with Gasteiger partial charge in [0.25, 0.3) is 6.43 Å². The van der Waals surface area contributed by atoms with Crippen LogP contribution in [0.4, 0.5) is 8.78 Å². The van der Waals surface area contributed by atoms with Crippen molar-refractivity contribution in [2.45, 2.75) is 51.1 Å². The van der Waals surface area contributed by atoms with E-state index in [1.54, 1.807) is 0 Å². The minimum Gasteiger partial charge on any atom is -0.308 e. The molecule has 1 N–H and O–H groups in total. The van der Waals surface area contributed by atoms with E-state index in [2.05, 4.69) is 12.2 Å². The van der Waals surface area contributed by atoms with Crippen molar-refractivity contribution in [3.05, 3.63) is 0 Å². The molecule has 0 radical (unpaired) electrons. The summed E-state index contributed by atoms with van der Waals surface area (Å²) >= 11 is 0. The van der Waals surface area contributed by atoms with Crippen LogP contribution in [0, 0.1) is 5.92 Å². The number of hydrogen-bond acceptors (Lipinski definition) is 2. The lowest BCUT2D eigenvalue weighted by Gasteiger charge is -2.51. The number of nitrogens with zero attached hydrogens (tertiary/aromatic N) is 1. The normalized spacial score (nSPS) is 35.6. The topological polar surface area (TPSA) is 15.3 Å². The summed E-state index contributed by atoms with van der Waals surface area (Å²) in [6, 6.07) is 0. The maximum Gasteiger partial charge on any atom is 0.251 e. The standard InChI is InChI=1S/C12H22F2N2/c1-11(2)7-15-12(3,9-4-5-9)8-16(11)6-10(13)14/h9-10,15H,4-8H2,1-3H3. The van der Waals surface area contributed by atoms with Crippen molar-refractivity contribution in [2.75, 3.05) is 19.6 Å². The third kappa shape index (κ3) is 2.38. The second-order valence-corrected chi connectivity index (χ2v) is 6.13. The lowest BCUT2D eigenvalue weighted by Crippen LogP contribution is -2.68. The molecule has 0 amide bonds. The van der Waals surface area contributed by atoms with Crippen molar-refractivity contribution < 1.29 is 8.78 Å². The van der Waals surface area contributed by atoms with Crippen molar-refractivity contribution in [2.24, 2.45) is 5.92 Å². The summed E-state index contributed by atoms with van der Waals surface area (Å²) in [4.78, 5) is 1.95. The van der Waals surface area contributed by atoms with E-state index in [1.807, 2.05) is 18.7 Å². The van der Waals surface area contributed by atoms with Crippen LogP contribution in [0.3, 0.4) is 0 Å². The zero-order valence-electron chi connectivity index (χ0n) is 10.4. The van der Waals surface area contributed by atoms with Gasteiger partial charge in [-0.15, -0.1) is 0 Å². The average Bonchev–Trinajstić information content (AvgIpc) is 2.94. The Labute approximate surface area is 96.4 Å². The molecule has 0 spiro atoms. The van der Waals surface area contributed by atoms with Gasteiger partial charge in [-0.2, -0.15) is 0 Å². The summed E-state index contributed by atoms with van der Waals surface area (Å²) in [6.45, 7) is 7.70. The molecular formula is C12H22F2N2. The minimum atomic E-state index is -2.24. The molecule has 4 heteroatoms. The predicted molar refractivity (Wildman–Crippen MR) is 60.8 cm³/mol. The monoisotopic (exact) mass is 232 g/mol. The summed E-state index contributed by atoms with van der Waals surface area (Å²) in [7, 11) is 0. The van der Waals surface area contributed by atoms with E-state index in [9.17, 15) is 8.78 Å². The van der Waals surface area contributed by atoms with Crippen LogP contribution >= 0.6 is 0 Å². The van der Waals surface area contributed by atoms with Gasteiger partial charge in [0.05, 0.1) is 6.54 Å². The van der Waals surface area contributed by atoms with Crippen LogP contribution in [0.2, 0.25) is 0 Å². The number of hydrogen-bond donors (Lipinski definition) is 1. The maximum absolute atomic E-state index is 12.6. The zero-order valence-corrected chi connectivity index (χ0v) is 10.4. The van der Waals surface area contributed by atoms with Gasteiger partial charge < -0.3 is 5.32 Å². The van der Waals surface area contributed by atoms with Gasteiger partial charge in [-0.05, 0) is 39.5 Å². The van der Waals surface area contributed by atoms with Gasteiger partial charge in [-0.3, -0.25) is 4.90 Å². The molecular weight excluding hydrogens is 210 g/mol. The number of piperazine rings is 1. The molecule has 2 fully saturated rings. The molecule has 94 valence electrons. The second-order valence-electron chi connectivity index (χ2n) is 6.13. The third-order valence-corrected chi connectivity index (χ3v) is 4.14. The molecule has 1 aliphatic carbocycles. The van der Waals surface area contributed by atoms with Crippen LogP contribution in [0.25, 0.3) is 0 Å². The molecule has 1 atom stereocenters. The summed E-state index contributed by atoms with van der Waals surface area (Å²) in [5.74, 6) is 0.684. The van der Waals surface area contributed by atoms with E-state index in [0.29, 0.717) is 5.92 Å². The molecule has 1 aliphatic heterocycles. The van der Waals surface area contributed by atoms with Crippen LogP contribution in [-0.2, 0) is 0 Å². The van der Waals surface area contributed by atoms with E-state index >= 15 is 0 Å². The van der Waals surface area contributed by atoms with Crippen molar-refractivity contribution in [3.8, 4) is 0 Å². The molecule has 1 saturated carbocycles. The molecule has 1 saturated heterocycles. The highest BCUT2D eigenvalue weighted by atomic mass is 19.3. The molecule has 0 aromatic carbocycles. The first-order chi connectivity index (χ1) is 7.33. The zero-order chi connectivity index (χ0) is 12.0. The van der Waals surface area contributed by atoms with Crippen LogP contribution in [0.5, 0.6) is 0 Å². The van der Waals surface area contributed by atoms with Gasteiger partial charge in [0.15, 0.2) is 0 Å². The predicted octanol–water partition coefficient (Wildman–Crippen LogP) is 2.10. The molecule has 0 bridgehead atoms. The molecule has 2 nitrogen and oxygen atoms in total. The largest absolute Gasteiger partial charge is 0.308 e. The van der Waals surface area contributed by atoms with Gasteiger partial charge in [0, 0.05) is 24.2 Å². The van der Waals surface area contributed by atoms with Crippen molar-refractivity contribution in [3.63, 3.8) is 0 Å².